The molecule has 0 radical (unpaired) electrons. The van der Waals surface area contributed by atoms with Crippen LogP contribution in [0, 0.1) is 20.8 Å². The van der Waals surface area contributed by atoms with Crippen LogP contribution in [-0.2, 0) is 11.3 Å². The van der Waals surface area contributed by atoms with Gasteiger partial charge in [-0.15, -0.1) is 12.4 Å². The first-order valence-corrected chi connectivity index (χ1v) is 7.86. The third-order valence-corrected chi connectivity index (χ3v) is 4.20. The first-order valence-electron chi connectivity index (χ1n) is 7.86. The topological polar surface area (TPSA) is 55.6 Å². The number of carbonyl (C=O) groups excluding carboxylic acids is 1. The molecule has 2 aromatic heterocycles. The summed E-state index contributed by atoms with van der Waals surface area (Å²) in [7, 11) is 1.38. The highest BCUT2D eigenvalue weighted by atomic mass is 35.5. The summed E-state index contributed by atoms with van der Waals surface area (Å²) in [6.45, 7) is 6.81. The summed E-state index contributed by atoms with van der Waals surface area (Å²) in [5.41, 5.74) is 5.84. The third kappa shape index (κ3) is 3.77. The Labute approximate surface area is 153 Å². The SMILES string of the molecule is COC(=O)c1cc(NCc2c(C)cccc2C)n2cc(C)nc2c1.Cl. The minimum atomic E-state index is -0.367. The van der Waals surface area contributed by atoms with Crippen molar-refractivity contribution in [2.75, 3.05) is 12.4 Å². The summed E-state index contributed by atoms with van der Waals surface area (Å²) >= 11 is 0. The van der Waals surface area contributed by atoms with E-state index in [9.17, 15) is 4.79 Å². The van der Waals surface area contributed by atoms with Gasteiger partial charge in [0.1, 0.15) is 11.5 Å². The molecular weight excluding hydrogens is 338 g/mol. The molecule has 1 aromatic carbocycles. The molecule has 0 aliphatic heterocycles. The van der Waals surface area contributed by atoms with Crippen LogP contribution in [0.5, 0.6) is 0 Å². The number of esters is 1. The van der Waals surface area contributed by atoms with Crippen LogP contribution in [0.1, 0.15) is 32.7 Å². The number of halogens is 1. The number of nitrogens with zero attached hydrogens (tertiary/aromatic N) is 2. The van der Waals surface area contributed by atoms with Crippen LogP contribution >= 0.6 is 12.4 Å². The normalized spacial score (nSPS) is 10.4. The lowest BCUT2D eigenvalue weighted by molar-refractivity contribution is 0.0601. The lowest BCUT2D eigenvalue weighted by Gasteiger charge is -2.14. The fourth-order valence-corrected chi connectivity index (χ4v) is 2.89. The Morgan fingerprint density at radius 3 is 2.52 bits per heavy atom. The van der Waals surface area contributed by atoms with E-state index < -0.39 is 0 Å². The number of hydrogen-bond donors (Lipinski definition) is 1. The molecule has 132 valence electrons. The van der Waals surface area contributed by atoms with Gasteiger partial charge >= 0.3 is 5.97 Å². The Morgan fingerprint density at radius 1 is 1.20 bits per heavy atom. The standard InChI is InChI=1S/C19H21N3O2.ClH/c1-12-6-5-7-13(2)16(12)10-20-17-8-15(19(23)24-4)9-18-21-14(3)11-22(17)18;/h5-9,11,20H,10H2,1-4H3;1H. The molecule has 2 heterocycles. The third-order valence-electron chi connectivity index (χ3n) is 4.20. The maximum absolute atomic E-state index is 11.9. The van der Waals surface area contributed by atoms with Gasteiger partial charge in [0.25, 0.3) is 0 Å². The van der Waals surface area contributed by atoms with E-state index in [1.807, 2.05) is 17.5 Å². The van der Waals surface area contributed by atoms with E-state index in [0.717, 1.165) is 17.2 Å². The zero-order valence-corrected chi connectivity index (χ0v) is 15.6. The lowest BCUT2D eigenvalue weighted by atomic mass is 10.0. The molecular formula is C19H22ClN3O2. The monoisotopic (exact) mass is 359 g/mol. The summed E-state index contributed by atoms with van der Waals surface area (Å²) in [5.74, 6) is 0.449. The highest BCUT2D eigenvalue weighted by Crippen LogP contribution is 2.20. The quantitative estimate of drug-likeness (QED) is 0.713. The number of anilines is 1. The number of benzene rings is 1. The molecule has 3 rings (SSSR count). The number of hydrogen-bond acceptors (Lipinski definition) is 4. The summed E-state index contributed by atoms with van der Waals surface area (Å²) in [6.07, 6.45) is 1.95. The van der Waals surface area contributed by atoms with Crippen LogP contribution in [0.15, 0.2) is 36.5 Å². The first-order chi connectivity index (χ1) is 11.5. The van der Waals surface area contributed by atoms with Crippen LogP contribution in [0.4, 0.5) is 5.82 Å². The molecule has 0 saturated carbocycles. The average Bonchev–Trinajstić information content (AvgIpc) is 2.93. The molecule has 25 heavy (non-hydrogen) atoms. The maximum atomic E-state index is 11.9. The number of ether oxygens (including phenoxy) is 1. The lowest BCUT2D eigenvalue weighted by Crippen LogP contribution is -2.09. The summed E-state index contributed by atoms with van der Waals surface area (Å²) in [6, 6.07) is 9.80. The Balaban J connectivity index is 0.00000225. The van der Waals surface area contributed by atoms with Gasteiger partial charge in [0.05, 0.1) is 18.4 Å². The molecule has 5 nitrogen and oxygen atoms in total. The zero-order valence-electron chi connectivity index (χ0n) is 14.8. The second-order valence-electron chi connectivity index (χ2n) is 5.96. The van der Waals surface area contributed by atoms with Crippen molar-refractivity contribution >= 4 is 29.8 Å². The van der Waals surface area contributed by atoms with Gasteiger partial charge in [-0.3, -0.25) is 4.40 Å². The van der Waals surface area contributed by atoms with E-state index in [4.69, 9.17) is 4.74 Å². The summed E-state index contributed by atoms with van der Waals surface area (Å²) in [5, 5.41) is 3.43. The Hall–Kier alpha value is -2.53. The smallest absolute Gasteiger partial charge is 0.338 e. The number of fused-ring (bicyclic) bond motifs is 1. The number of methoxy groups -OCH3 is 1. The summed E-state index contributed by atoms with van der Waals surface area (Å²) < 4.78 is 6.80. The largest absolute Gasteiger partial charge is 0.465 e. The van der Waals surface area contributed by atoms with E-state index in [-0.39, 0.29) is 18.4 Å². The molecule has 0 unspecified atom stereocenters. The van der Waals surface area contributed by atoms with Gasteiger partial charge in [0, 0.05) is 12.7 Å². The van der Waals surface area contributed by atoms with Gasteiger partial charge in [0.15, 0.2) is 0 Å². The number of rotatable bonds is 4. The van der Waals surface area contributed by atoms with Gasteiger partial charge in [-0.2, -0.15) is 0 Å². The molecule has 0 atom stereocenters. The molecule has 1 N–H and O–H groups in total. The number of pyridine rings is 1. The van der Waals surface area contributed by atoms with E-state index in [2.05, 4.69) is 42.3 Å². The minimum absolute atomic E-state index is 0. The summed E-state index contributed by atoms with van der Waals surface area (Å²) in [4.78, 5) is 16.4. The van der Waals surface area contributed by atoms with E-state index in [0.29, 0.717) is 12.1 Å². The number of carbonyl (C=O) groups is 1. The van der Waals surface area contributed by atoms with E-state index in [1.54, 1.807) is 12.1 Å². The molecule has 0 bridgehead atoms. The molecule has 0 fully saturated rings. The van der Waals surface area contributed by atoms with Crippen LogP contribution in [0.3, 0.4) is 0 Å². The fourth-order valence-electron chi connectivity index (χ4n) is 2.89. The van der Waals surface area contributed by atoms with Crippen molar-refractivity contribution in [1.82, 2.24) is 9.38 Å². The van der Waals surface area contributed by atoms with Crippen LogP contribution in [0.2, 0.25) is 0 Å². The fraction of sp³-hybridized carbons (Fsp3) is 0.263. The molecule has 6 heteroatoms. The highest BCUT2D eigenvalue weighted by molar-refractivity contribution is 5.91. The van der Waals surface area contributed by atoms with Gasteiger partial charge < -0.3 is 10.1 Å². The average molecular weight is 360 g/mol. The van der Waals surface area contributed by atoms with Crippen molar-refractivity contribution in [3.05, 3.63) is 64.5 Å². The van der Waals surface area contributed by atoms with Gasteiger partial charge in [-0.05, 0) is 49.6 Å². The predicted octanol–water partition coefficient (Wildman–Crippen LogP) is 4.08. The van der Waals surface area contributed by atoms with Crippen molar-refractivity contribution in [2.45, 2.75) is 27.3 Å². The number of imidazole rings is 1. The zero-order chi connectivity index (χ0) is 17.3. The van der Waals surface area contributed by atoms with E-state index >= 15 is 0 Å². The minimum Gasteiger partial charge on any atom is -0.465 e. The number of aromatic nitrogens is 2. The Bertz CT molecular complexity index is 898. The van der Waals surface area contributed by atoms with Gasteiger partial charge in [0.2, 0.25) is 0 Å². The van der Waals surface area contributed by atoms with Crippen molar-refractivity contribution in [3.8, 4) is 0 Å². The van der Waals surface area contributed by atoms with Crippen molar-refractivity contribution in [3.63, 3.8) is 0 Å². The van der Waals surface area contributed by atoms with Crippen molar-refractivity contribution < 1.29 is 9.53 Å². The number of aryl methyl sites for hydroxylation is 3. The highest BCUT2D eigenvalue weighted by Gasteiger charge is 2.12. The van der Waals surface area contributed by atoms with Crippen LogP contribution in [-0.4, -0.2) is 22.5 Å². The maximum Gasteiger partial charge on any atom is 0.338 e. The Kier molecular flexibility index (Phi) is 5.69. The second-order valence-corrected chi connectivity index (χ2v) is 5.96. The van der Waals surface area contributed by atoms with Gasteiger partial charge in [-0.1, -0.05) is 18.2 Å². The van der Waals surface area contributed by atoms with Crippen molar-refractivity contribution in [2.24, 2.45) is 0 Å². The molecule has 0 aliphatic carbocycles. The molecule has 0 spiro atoms. The predicted molar refractivity (Wildman–Crippen MR) is 102 cm³/mol. The number of nitrogens with one attached hydrogen (secondary N) is 1. The van der Waals surface area contributed by atoms with E-state index in [1.165, 1.54) is 23.8 Å². The molecule has 0 amide bonds. The molecule has 0 saturated heterocycles. The molecule has 3 aromatic rings. The Morgan fingerprint density at radius 2 is 1.88 bits per heavy atom. The first kappa shape index (κ1) is 18.8. The second kappa shape index (κ2) is 7.57. The van der Waals surface area contributed by atoms with Crippen molar-refractivity contribution in [1.29, 1.82) is 0 Å². The molecule has 0 aliphatic rings. The van der Waals surface area contributed by atoms with Crippen LogP contribution in [0.25, 0.3) is 5.65 Å². The van der Waals surface area contributed by atoms with Crippen LogP contribution < -0.4 is 5.32 Å². The van der Waals surface area contributed by atoms with Gasteiger partial charge in [-0.25, -0.2) is 9.78 Å².